The van der Waals surface area contributed by atoms with E-state index < -0.39 is 5.97 Å². The van der Waals surface area contributed by atoms with Gasteiger partial charge in [-0.3, -0.25) is 0 Å². The molecule has 0 spiro atoms. The number of hydrogen-bond donors (Lipinski definition) is 2. The second-order valence-corrected chi connectivity index (χ2v) is 3.43. The van der Waals surface area contributed by atoms with Crippen LogP contribution in [0.1, 0.15) is 29.9 Å². The van der Waals surface area contributed by atoms with Crippen LogP contribution in [0, 0.1) is 6.92 Å². The van der Waals surface area contributed by atoms with Crippen LogP contribution in [0.5, 0.6) is 0 Å². The lowest BCUT2D eigenvalue weighted by atomic mass is 10.2. The van der Waals surface area contributed by atoms with E-state index in [9.17, 15) is 4.79 Å². The molecule has 4 nitrogen and oxygen atoms in total. The third-order valence-corrected chi connectivity index (χ3v) is 1.75. The maximum atomic E-state index is 10.7. The number of nitrogens with one attached hydrogen (secondary N) is 1. The molecular formula is C10H14N2O2. The first-order valence-electron chi connectivity index (χ1n) is 4.48. The van der Waals surface area contributed by atoms with Crippen molar-refractivity contribution in [3.63, 3.8) is 0 Å². The van der Waals surface area contributed by atoms with E-state index in [4.69, 9.17) is 5.11 Å². The molecule has 0 aliphatic rings. The zero-order chi connectivity index (χ0) is 10.7. The van der Waals surface area contributed by atoms with Gasteiger partial charge in [-0.25, -0.2) is 9.78 Å². The van der Waals surface area contributed by atoms with Crippen LogP contribution < -0.4 is 5.32 Å². The summed E-state index contributed by atoms with van der Waals surface area (Å²) in [4.78, 5) is 14.8. The first kappa shape index (κ1) is 10.5. The van der Waals surface area contributed by atoms with Crippen LogP contribution in [-0.2, 0) is 0 Å². The normalized spacial score (nSPS) is 10.3. The van der Waals surface area contributed by atoms with Gasteiger partial charge in [-0.2, -0.15) is 0 Å². The number of aromatic carboxylic acids is 1. The van der Waals surface area contributed by atoms with Crippen LogP contribution in [0.2, 0.25) is 0 Å². The van der Waals surface area contributed by atoms with Gasteiger partial charge in [0.05, 0.1) is 11.3 Å². The average molecular weight is 194 g/mol. The monoisotopic (exact) mass is 194 g/mol. The number of aryl methyl sites for hydroxylation is 1. The summed E-state index contributed by atoms with van der Waals surface area (Å²) >= 11 is 0. The van der Waals surface area contributed by atoms with Crippen molar-refractivity contribution in [1.82, 2.24) is 4.98 Å². The van der Waals surface area contributed by atoms with Crippen LogP contribution >= 0.6 is 0 Å². The van der Waals surface area contributed by atoms with Crippen molar-refractivity contribution in [1.29, 1.82) is 0 Å². The Bertz CT molecular complexity index is 348. The molecule has 0 fully saturated rings. The molecule has 1 aromatic heterocycles. The molecule has 0 unspecified atom stereocenters. The highest BCUT2D eigenvalue weighted by Gasteiger charge is 2.08. The van der Waals surface area contributed by atoms with Gasteiger partial charge in [-0.15, -0.1) is 0 Å². The Labute approximate surface area is 83.0 Å². The highest BCUT2D eigenvalue weighted by atomic mass is 16.4. The topological polar surface area (TPSA) is 62.2 Å². The summed E-state index contributed by atoms with van der Waals surface area (Å²) in [6, 6.07) is 3.53. The van der Waals surface area contributed by atoms with E-state index in [-0.39, 0.29) is 11.6 Å². The van der Waals surface area contributed by atoms with Crippen molar-refractivity contribution in [3.8, 4) is 0 Å². The Kier molecular flexibility index (Phi) is 3.06. The van der Waals surface area contributed by atoms with Gasteiger partial charge in [0.2, 0.25) is 0 Å². The lowest BCUT2D eigenvalue weighted by Crippen LogP contribution is -2.12. The van der Waals surface area contributed by atoms with Crippen LogP contribution in [-0.4, -0.2) is 22.1 Å². The van der Waals surface area contributed by atoms with Gasteiger partial charge in [0.15, 0.2) is 0 Å². The molecule has 0 aliphatic carbocycles. The van der Waals surface area contributed by atoms with E-state index in [1.165, 1.54) is 0 Å². The third-order valence-electron chi connectivity index (χ3n) is 1.75. The SMILES string of the molecule is Cc1nc(NC(C)C)ccc1C(=O)O. The van der Waals surface area contributed by atoms with Crippen molar-refractivity contribution >= 4 is 11.8 Å². The van der Waals surface area contributed by atoms with Gasteiger partial charge in [-0.1, -0.05) is 0 Å². The number of pyridine rings is 1. The summed E-state index contributed by atoms with van der Waals surface area (Å²) in [7, 11) is 0. The predicted octanol–water partition coefficient (Wildman–Crippen LogP) is 1.91. The molecule has 14 heavy (non-hydrogen) atoms. The fourth-order valence-electron chi connectivity index (χ4n) is 1.16. The maximum absolute atomic E-state index is 10.7. The molecule has 0 amide bonds. The highest BCUT2D eigenvalue weighted by Crippen LogP contribution is 2.11. The van der Waals surface area contributed by atoms with Crippen molar-refractivity contribution in [2.45, 2.75) is 26.8 Å². The molecule has 2 N–H and O–H groups in total. The van der Waals surface area contributed by atoms with E-state index in [0.29, 0.717) is 11.5 Å². The van der Waals surface area contributed by atoms with Crippen molar-refractivity contribution in [3.05, 3.63) is 23.4 Å². The van der Waals surface area contributed by atoms with Gasteiger partial charge >= 0.3 is 5.97 Å². The third kappa shape index (κ3) is 2.45. The van der Waals surface area contributed by atoms with Gasteiger partial charge < -0.3 is 10.4 Å². The minimum atomic E-state index is -0.939. The summed E-state index contributed by atoms with van der Waals surface area (Å²) in [6.07, 6.45) is 0. The lowest BCUT2D eigenvalue weighted by Gasteiger charge is -2.10. The second kappa shape index (κ2) is 4.09. The van der Waals surface area contributed by atoms with Crippen molar-refractivity contribution in [2.24, 2.45) is 0 Å². The quantitative estimate of drug-likeness (QED) is 0.771. The number of anilines is 1. The maximum Gasteiger partial charge on any atom is 0.337 e. The summed E-state index contributed by atoms with van der Waals surface area (Å²) in [5, 5.41) is 11.9. The minimum Gasteiger partial charge on any atom is -0.478 e. The fourth-order valence-corrected chi connectivity index (χ4v) is 1.16. The summed E-state index contributed by atoms with van der Waals surface area (Å²) in [6.45, 7) is 5.69. The number of hydrogen-bond acceptors (Lipinski definition) is 3. The van der Waals surface area contributed by atoms with Crippen LogP contribution in [0.25, 0.3) is 0 Å². The highest BCUT2D eigenvalue weighted by molar-refractivity contribution is 5.89. The largest absolute Gasteiger partial charge is 0.478 e. The number of carboxylic acid groups (broad SMARTS) is 1. The summed E-state index contributed by atoms with van der Waals surface area (Å²) < 4.78 is 0. The number of nitrogens with zero attached hydrogens (tertiary/aromatic N) is 1. The van der Waals surface area contributed by atoms with Crippen LogP contribution in [0.4, 0.5) is 5.82 Å². The molecule has 0 saturated heterocycles. The van der Waals surface area contributed by atoms with Crippen LogP contribution in [0.3, 0.4) is 0 Å². The van der Waals surface area contributed by atoms with E-state index in [2.05, 4.69) is 10.3 Å². The molecule has 0 saturated carbocycles. The van der Waals surface area contributed by atoms with Gasteiger partial charge in [0.1, 0.15) is 5.82 Å². The molecule has 0 aromatic carbocycles. The zero-order valence-corrected chi connectivity index (χ0v) is 8.53. The second-order valence-electron chi connectivity index (χ2n) is 3.43. The molecule has 4 heteroatoms. The minimum absolute atomic E-state index is 0.249. The van der Waals surface area contributed by atoms with Gasteiger partial charge in [0, 0.05) is 6.04 Å². The molecule has 76 valence electrons. The summed E-state index contributed by atoms with van der Waals surface area (Å²) in [5.41, 5.74) is 0.780. The molecule has 0 radical (unpaired) electrons. The van der Waals surface area contributed by atoms with E-state index in [1.807, 2.05) is 13.8 Å². The Balaban J connectivity index is 2.94. The smallest absolute Gasteiger partial charge is 0.337 e. The average Bonchev–Trinajstić information content (AvgIpc) is 2.01. The number of carbonyl (C=O) groups is 1. The number of rotatable bonds is 3. The van der Waals surface area contributed by atoms with Crippen molar-refractivity contribution < 1.29 is 9.90 Å². The molecule has 0 aliphatic heterocycles. The lowest BCUT2D eigenvalue weighted by molar-refractivity contribution is 0.0695. The fraction of sp³-hybridized carbons (Fsp3) is 0.400. The summed E-state index contributed by atoms with van der Waals surface area (Å²) in [5.74, 6) is -0.228. The Morgan fingerprint density at radius 2 is 2.14 bits per heavy atom. The first-order valence-corrected chi connectivity index (χ1v) is 4.48. The van der Waals surface area contributed by atoms with Gasteiger partial charge in [-0.05, 0) is 32.9 Å². The molecule has 0 bridgehead atoms. The Morgan fingerprint density at radius 1 is 1.50 bits per heavy atom. The number of aromatic nitrogens is 1. The molecule has 0 atom stereocenters. The molecular weight excluding hydrogens is 180 g/mol. The van der Waals surface area contributed by atoms with E-state index >= 15 is 0 Å². The Morgan fingerprint density at radius 3 is 2.57 bits per heavy atom. The first-order chi connectivity index (χ1) is 6.50. The Hall–Kier alpha value is -1.58. The standard InChI is InChI=1S/C10H14N2O2/c1-6(2)11-9-5-4-8(10(13)14)7(3)12-9/h4-6H,1-3H3,(H,11,12)(H,13,14). The molecule has 1 rings (SSSR count). The predicted molar refractivity (Wildman–Crippen MR) is 54.7 cm³/mol. The molecule has 1 heterocycles. The van der Waals surface area contributed by atoms with E-state index in [0.717, 1.165) is 0 Å². The van der Waals surface area contributed by atoms with Crippen molar-refractivity contribution in [2.75, 3.05) is 5.32 Å². The zero-order valence-electron chi connectivity index (χ0n) is 8.53. The van der Waals surface area contributed by atoms with Gasteiger partial charge in [0.25, 0.3) is 0 Å². The van der Waals surface area contributed by atoms with Crippen LogP contribution in [0.15, 0.2) is 12.1 Å². The van der Waals surface area contributed by atoms with E-state index in [1.54, 1.807) is 19.1 Å². The number of carboxylic acids is 1. The molecule has 1 aromatic rings.